The number of rotatable bonds is 6. The van der Waals surface area contributed by atoms with Crippen LogP contribution in [0.2, 0.25) is 0 Å². The summed E-state index contributed by atoms with van der Waals surface area (Å²) in [7, 11) is 1.63. The van der Waals surface area contributed by atoms with Gasteiger partial charge in [-0.15, -0.1) is 0 Å². The Morgan fingerprint density at radius 2 is 1.89 bits per heavy atom. The molecule has 0 saturated heterocycles. The molecule has 0 aliphatic heterocycles. The molecule has 1 amide bonds. The normalized spacial score (nSPS) is 15.4. The molecule has 0 saturated carbocycles. The highest BCUT2D eigenvalue weighted by Crippen LogP contribution is 2.17. The summed E-state index contributed by atoms with van der Waals surface area (Å²) in [6.07, 6.45) is 0.894. The summed E-state index contributed by atoms with van der Waals surface area (Å²) in [5.41, 5.74) is 6.94. The first-order chi connectivity index (χ1) is 8.99. The molecule has 1 aromatic rings. The molecule has 1 aromatic carbocycles. The Labute approximate surface area is 115 Å². The van der Waals surface area contributed by atoms with E-state index in [4.69, 9.17) is 10.5 Å². The van der Waals surface area contributed by atoms with Crippen LogP contribution in [0.5, 0.6) is 5.75 Å². The quantitative estimate of drug-likeness (QED) is 0.828. The molecule has 3 atom stereocenters. The van der Waals surface area contributed by atoms with Crippen LogP contribution >= 0.6 is 0 Å². The van der Waals surface area contributed by atoms with Crippen molar-refractivity contribution >= 4 is 5.91 Å². The maximum atomic E-state index is 12.0. The maximum absolute atomic E-state index is 12.0. The van der Waals surface area contributed by atoms with Gasteiger partial charge in [0, 0.05) is 0 Å². The van der Waals surface area contributed by atoms with Crippen molar-refractivity contribution in [3.8, 4) is 5.75 Å². The Bertz CT molecular complexity index is 403. The molecular formula is C15H24N2O2. The zero-order chi connectivity index (χ0) is 14.4. The molecule has 106 valence electrons. The zero-order valence-corrected chi connectivity index (χ0v) is 12.1. The van der Waals surface area contributed by atoms with Crippen molar-refractivity contribution in [2.24, 2.45) is 11.7 Å². The van der Waals surface area contributed by atoms with Gasteiger partial charge in [-0.25, -0.2) is 0 Å². The van der Waals surface area contributed by atoms with Gasteiger partial charge in [-0.1, -0.05) is 32.4 Å². The zero-order valence-electron chi connectivity index (χ0n) is 12.1. The molecule has 0 heterocycles. The monoisotopic (exact) mass is 264 g/mol. The lowest BCUT2D eigenvalue weighted by atomic mass is 9.98. The van der Waals surface area contributed by atoms with Crippen molar-refractivity contribution in [2.75, 3.05) is 7.11 Å². The van der Waals surface area contributed by atoms with Crippen LogP contribution in [0.15, 0.2) is 24.3 Å². The third kappa shape index (κ3) is 4.24. The van der Waals surface area contributed by atoms with Crippen LogP contribution in [0.3, 0.4) is 0 Å². The highest BCUT2D eigenvalue weighted by Gasteiger charge is 2.21. The lowest BCUT2D eigenvalue weighted by Gasteiger charge is -2.21. The number of carbonyl (C=O) groups is 1. The summed E-state index contributed by atoms with van der Waals surface area (Å²) < 4.78 is 5.11. The van der Waals surface area contributed by atoms with Crippen LogP contribution < -0.4 is 15.8 Å². The topological polar surface area (TPSA) is 64.4 Å². The number of amides is 1. The van der Waals surface area contributed by atoms with Crippen molar-refractivity contribution < 1.29 is 9.53 Å². The van der Waals surface area contributed by atoms with E-state index in [1.165, 1.54) is 0 Å². The van der Waals surface area contributed by atoms with Crippen molar-refractivity contribution in [1.82, 2.24) is 5.32 Å². The predicted octanol–water partition coefficient (Wildman–Crippen LogP) is 2.25. The largest absolute Gasteiger partial charge is 0.497 e. The molecule has 4 heteroatoms. The van der Waals surface area contributed by atoms with Gasteiger partial charge in [0.25, 0.3) is 0 Å². The van der Waals surface area contributed by atoms with Gasteiger partial charge in [0.2, 0.25) is 5.91 Å². The lowest BCUT2D eigenvalue weighted by molar-refractivity contribution is -0.124. The van der Waals surface area contributed by atoms with Crippen LogP contribution in [0, 0.1) is 5.92 Å². The number of methoxy groups -OCH3 is 1. The number of ether oxygens (including phenoxy) is 1. The number of hydrogen-bond acceptors (Lipinski definition) is 3. The average Bonchev–Trinajstić information content (AvgIpc) is 2.45. The van der Waals surface area contributed by atoms with E-state index in [1.807, 2.05) is 45.0 Å². The van der Waals surface area contributed by atoms with Gasteiger partial charge in [0.05, 0.1) is 19.2 Å². The average molecular weight is 264 g/mol. The Kier molecular flexibility index (Phi) is 5.83. The Morgan fingerprint density at radius 3 is 2.37 bits per heavy atom. The third-order valence-electron chi connectivity index (χ3n) is 3.53. The fourth-order valence-electron chi connectivity index (χ4n) is 1.80. The number of hydrogen-bond donors (Lipinski definition) is 2. The number of nitrogens with two attached hydrogens (primary N) is 1. The highest BCUT2D eigenvalue weighted by atomic mass is 16.5. The standard InChI is InChI=1S/C15H24N2O2/c1-5-10(2)14(16)15(18)17-11(3)12-6-8-13(19-4)9-7-12/h6-11,14H,5,16H2,1-4H3,(H,17,18)/t10-,11?,14-/m0/s1. The number of carbonyl (C=O) groups excluding carboxylic acids is 1. The second-order valence-corrected chi connectivity index (χ2v) is 4.91. The van der Waals surface area contributed by atoms with Gasteiger partial charge < -0.3 is 15.8 Å². The van der Waals surface area contributed by atoms with Gasteiger partial charge in [-0.05, 0) is 30.5 Å². The fourth-order valence-corrected chi connectivity index (χ4v) is 1.80. The summed E-state index contributed by atoms with van der Waals surface area (Å²) in [6, 6.07) is 7.13. The first-order valence-electron chi connectivity index (χ1n) is 6.69. The van der Waals surface area contributed by atoms with E-state index in [2.05, 4.69) is 5.32 Å². The van der Waals surface area contributed by atoms with E-state index in [9.17, 15) is 4.79 Å². The highest BCUT2D eigenvalue weighted by molar-refractivity contribution is 5.82. The van der Waals surface area contributed by atoms with Crippen molar-refractivity contribution in [3.63, 3.8) is 0 Å². The van der Waals surface area contributed by atoms with Gasteiger partial charge >= 0.3 is 0 Å². The van der Waals surface area contributed by atoms with Crippen LogP contribution in [0.4, 0.5) is 0 Å². The molecule has 0 spiro atoms. The molecule has 0 aliphatic rings. The van der Waals surface area contributed by atoms with Crippen LogP contribution in [0.25, 0.3) is 0 Å². The molecule has 0 aliphatic carbocycles. The molecule has 4 nitrogen and oxygen atoms in total. The molecular weight excluding hydrogens is 240 g/mol. The van der Waals surface area contributed by atoms with Crippen molar-refractivity contribution in [3.05, 3.63) is 29.8 Å². The van der Waals surface area contributed by atoms with E-state index in [-0.39, 0.29) is 17.9 Å². The molecule has 0 bridgehead atoms. The summed E-state index contributed by atoms with van der Waals surface area (Å²) in [4.78, 5) is 12.0. The van der Waals surface area contributed by atoms with E-state index >= 15 is 0 Å². The van der Waals surface area contributed by atoms with E-state index in [0.29, 0.717) is 0 Å². The van der Waals surface area contributed by atoms with Gasteiger partial charge in [-0.2, -0.15) is 0 Å². The summed E-state index contributed by atoms with van der Waals surface area (Å²) >= 11 is 0. The van der Waals surface area contributed by atoms with Crippen molar-refractivity contribution in [2.45, 2.75) is 39.3 Å². The molecule has 1 unspecified atom stereocenters. The first kappa shape index (κ1) is 15.5. The lowest BCUT2D eigenvalue weighted by Crippen LogP contribution is -2.45. The summed E-state index contributed by atoms with van der Waals surface area (Å²) in [5, 5.41) is 2.94. The Balaban J connectivity index is 2.63. The minimum Gasteiger partial charge on any atom is -0.497 e. The second kappa shape index (κ2) is 7.14. The smallest absolute Gasteiger partial charge is 0.237 e. The third-order valence-corrected chi connectivity index (χ3v) is 3.53. The van der Waals surface area contributed by atoms with Crippen LogP contribution in [-0.2, 0) is 4.79 Å². The number of nitrogens with one attached hydrogen (secondary N) is 1. The minimum absolute atomic E-state index is 0.0616. The minimum atomic E-state index is -0.453. The Hall–Kier alpha value is -1.55. The molecule has 3 N–H and O–H groups in total. The molecule has 1 rings (SSSR count). The van der Waals surface area contributed by atoms with Crippen LogP contribution in [0.1, 0.15) is 38.8 Å². The molecule has 0 fully saturated rings. The predicted molar refractivity (Wildman–Crippen MR) is 77.0 cm³/mol. The SMILES string of the molecule is CC[C@H](C)[C@H](N)C(=O)NC(C)c1ccc(OC)cc1. The molecule has 0 radical (unpaired) electrons. The Morgan fingerprint density at radius 1 is 1.32 bits per heavy atom. The second-order valence-electron chi connectivity index (χ2n) is 4.91. The van der Waals surface area contributed by atoms with E-state index in [1.54, 1.807) is 7.11 Å². The van der Waals surface area contributed by atoms with Gasteiger partial charge in [-0.3, -0.25) is 4.79 Å². The summed E-state index contributed by atoms with van der Waals surface area (Å²) in [5.74, 6) is 0.888. The number of benzene rings is 1. The van der Waals surface area contributed by atoms with Crippen molar-refractivity contribution in [1.29, 1.82) is 0 Å². The van der Waals surface area contributed by atoms with E-state index < -0.39 is 6.04 Å². The molecule has 19 heavy (non-hydrogen) atoms. The van der Waals surface area contributed by atoms with E-state index in [0.717, 1.165) is 17.7 Å². The fraction of sp³-hybridized carbons (Fsp3) is 0.533. The van der Waals surface area contributed by atoms with Crippen LogP contribution in [-0.4, -0.2) is 19.1 Å². The molecule has 0 aromatic heterocycles. The van der Waals surface area contributed by atoms with Gasteiger partial charge in [0.1, 0.15) is 5.75 Å². The van der Waals surface area contributed by atoms with Gasteiger partial charge in [0.15, 0.2) is 0 Å². The first-order valence-corrected chi connectivity index (χ1v) is 6.69. The summed E-state index contributed by atoms with van der Waals surface area (Å²) in [6.45, 7) is 5.97. The maximum Gasteiger partial charge on any atom is 0.237 e.